The number of nitrogens with one attached hydrogen (secondary N) is 1. The van der Waals surface area contributed by atoms with Gasteiger partial charge in [0.1, 0.15) is 33.2 Å². The summed E-state index contributed by atoms with van der Waals surface area (Å²) in [4.78, 5) is 70.3. The first-order valence-corrected chi connectivity index (χ1v) is 46.1. The van der Waals surface area contributed by atoms with Crippen LogP contribution in [0.2, 0.25) is 0 Å². The Morgan fingerprint density at radius 1 is 0.410 bits per heavy atom. The van der Waals surface area contributed by atoms with Gasteiger partial charge >= 0.3 is 39.5 Å². The molecule has 0 radical (unpaired) electrons. The van der Waals surface area contributed by atoms with Gasteiger partial charge in [-0.25, -0.2) is 19.9 Å². The summed E-state index contributed by atoms with van der Waals surface area (Å²) in [5, 5.41) is 32.2. The monoisotopic (exact) mass is 2130 g/mol. The second-order valence-corrected chi connectivity index (χ2v) is 41.0. The number of alkyl halides is 6. The zero-order chi connectivity index (χ0) is 102. The number of ketones is 2. The molecule has 41 heteroatoms. The van der Waals surface area contributed by atoms with E-state index in [-0.39, 0.29) is 90.3 Å². The lowest BCUT2D eigenvalue weighted by atomic mass is 9.49. The number of amides is 1. The molecule has 25 nitrogen and oxygen atoms in total. The number of pyridine rings is 6. The lowest BCUT2D eigenvalue weighted by Crippen LogP contribution is -2.59. The fraction of sp³-hybridized carbons (Fsp3) is 0.408. The van der Waals surface area contributed by atoms with Gasteiger partial charge in [0.25, 0.3) is 5.91 Å². The maximum absolute atomic E-state index is 13.2. The third-order valence-electron chi connectivity index (χ3n) is 25.6. The van der Waals surface area contributed by atoms with Crippen molar-refractivity contribution in [2.24, 2.45) is 0 Å². The molecule has 7 fully saturated rings. The minimum Gasteiger partial charge on any atom is -0.480 e. The zero-order valence-corrected chi connectivity index (χ0v) is 83.8. The van der Waals surface area contributed by atoms with E-state index < -0.39 is 119 Å². The molecule has 139 heavy (non-hydrogen) atoms. The van der Waals surface area contributed by atoms with Crippen molar-refractivity contribution in [1.82, 2.24) is 35.2 Å². The molecule has 7 saturated heterocycles. The van der Waals surface area contributed by atoms with Crippen LogP contribution < -0.4 is 16.5 Å². The van der Waals surface area contributed by atoms with Gasteiger partial charge in [-0.3, -0.25) is 29.1 Å². The van der Waals surface area contributed by atoms with E-state index in [9.17, 15) is 73.3 Å². The van der Waals surface area contributed by atoms with Gasteiger partial charge in [-0.2, -0.15) is 43.9 Å². The van der Waals surface area contributed by atoms with E-state index in [4.69, 9.17) is 57.7 Å². The van der Waals surface area contributed by atoms with Gasteiger partial charge in [0, 0.05) is 68.4 Å². The molecule has 6 aromatic heterocycles. The molecule has 0 bridgehead atoms. The molecule has 0 unspecified atom stereocenters. The van der Waals surface area contributed by atoms with Crippen molar-refractivity contribution in [1.29, 1.82) is 0 Å². The number of ether oxygens (including phenoxy) is 4. The summed E-state index contributed by atoms with van der Waals surface area (Å²) in [5.74, 6) is -3.47. The fourth-order valence-corrected chi connectivity index (χ4v) is 15.9. The molecular formula is C98H106B3Br3F10N8O17. The van der Waals surface area contributed by atoms with E-state index >= 15 is 0 Å². The second-order valence-electron chi connectivity index (χ2n) is 38.3. The number of aliphatic hydroxyl groups is 2. The van der Waals surface area contributed by atoms with E-state index in [1.807, 2.05) is 156 Å². The van der Waals surface area contributed by atoms with Crippen molar-refractivity contribution in [2.45, 2.75) is 203 Å². The van der Waals surface area contributed by atoms with Gasteiger partial charge < -0.3 is 73.2 Å². The smallest absolute Gasteiger partial charge is 0.480 e. The number of nitrogens with two attached hydrogens (primary N) is 1. The fourth-order valence-electron chi connectivity index (χ4n) is 14.7. The predicted molar refractivity (Wildman–Crippen MR) is 508 cm³/mol. The number of nitrogen functional groups attached to an aromatic ring is 1. The Morgan fingerprint density at radius 2 is 0.755 bits per heavy atom. The molecule has 7 aliphatic rings. The molecule has 0 saturated carbocycles. The van der Waals surface area contributed by atoms with E-state index in [0.29, 0.717) is 70.0 Å². The topological polar surface area (TPSA) is 337 Å². The number of carbonyl (C=O) groups is 4. The Labute approximate surface area is 824 Å². The van der Waals surface area contributed by atoms with Crippen LogP contribution in [0.3, 0.4) is 0 Å². The number of Topliss-reactive ketones (excluding diaryl/α,β-unsaturated/α-hetero) is 2. The number of carboxylic acid groups (broad SMARTS) is 1. The van der Waals surface area contributed by atoms with E-state index in [2.05, 4.69) is 83.0 Å². The van der Waals surface area contributed by atoms with Crippen LogP contribution in [-0.4, -0.2) is 176 Å². The standard InChI is InChI=1S/C25H22F4N2O3.C22H25BFNO4.C15H12BrFN2O2.C12H24B2O4.C10H9BrO3.C9H9BrF3NO.C5H5FN2/c1-23(2,33)19-10-20(25(27,28)29)30-12-18(19)16-4-6-17(7-5-16)24(13-34-14-24)21(32)9-15-3-8-22(26)31-11-15;1-20(2)21(3,4)29-23(28-20)17-8-6-16(7-9-17)22(13-27-14-22)18(26)11-15-5-10-19(24)25-12-15;16-12-4-2-11(3-5-12)15(8-21-9-15)19-14(20)10-1-6-13(17)18-7-10;1-9(2)10(3,4)16-13(15-9)14-17-11(5,6)12(7,8)18-14;11-8-3-1-7(2-4-8)10(9(12)13)5-14-6-10;1-8(2,15)5-3-7(9(11,12)13)14-4-6(5)10;6-5-2-1-4(7)3-8-5/h3-8,10-12,33H,9,13-14H2,1-2H3;5-10,12H,11,13-14H2,1-4H3;1-7H,8-9H2,(H,19,20);1-8H3;1-4H,5-6H2,(H,12,13);3-4,15H,1-2H3;1-3H,7H2. The van der Waals surface area contributed by atoms with Crippen LogP contribution >= 0.6 is 47.8 Å². The van der Waals surface area contributed by atoms with Gasteiger partial charge in [-0.1, -0.05) is 117 Å². The van der Waals surface area contributed by atoms with Crippen LogP contribution in [0.4, 0.5) is 49.6 Å². The van der Waals surface area contributed by atoms with Crippen LogP contribution in [0.25, 0.3) is 11.1 Å². The second kappa shape index (κ2) is 42.8. The zero-order valence-electron chi connectivity index (χ0n) is 79.0. The molecule has 6 N–H and O–H groups in total. The van der Waals surface area contributed by atoms with Crippen molar-refractivity contribution in [3.8, 4) is 11.1 Å². The Bertz CT molecular complexity index is 5840. The van der Waals surface area contributed by atoms with Gasteiger partial charge in [0.15, 0.2) is 11.6 Å². The number of benzene rings is 4. The molecule has 740 valence electrons. The third kappa shape index (κ3) is 26.1. The highest BCUT2D eigenvalue weighted by Gasteiger charge is 2.64. The Morgan fingerprint density at radius 3 is 1.09 bits per heavy atom. The van der Waals surface area contributed by atoms with Gasteiger partial charge in [0.05, 0.1) is 115 Å². The normalized spacial score (nSPS) is 18.7. The molecule has 0 atom stereocenters. The van der Waals surface area contributed by atoms with Crippen molar-refractivity contribution in [3.63, 3.8) is 0 Å². The highest BCUT2D eigenvalue weighted by Crippen LogP contribution is 2.46. The lowest BCUT2D eigenvalue weighted by molar-refractivity contribution is -0.163. The van der Waals surface area contributed by atoms with Crippen molar-refractivity contribution < 1.29 is 125 Å². The minimum absolute atomic E-state index is 0.0422. The molecule has 0 spiro atoms. The van der Waals surface area contributed by atoms with Gasteiger partial charge in [-0.05, 0) is 249 Å². The van der Waals surface area contributed by atoms with Crippen LogP contribution in [0.15, 0.2) is 208 Å². The highest BCUT2D eigenvalue weighted by molar-refractivity contribution is 9.11. The summed E-state index contributed by atoms with van der Waals surface area (Å²) in [6, 6.07) is 42.2. The van der Waals surface area contributed by atoms with E-state index in [1.165, 1.54) is 94.9 Å². The number of anilines is 1. The number of carbonyl (C=O) groups excluding carboxylic acids is 3. The summed E-state index contributed by atoms with van der Waals surface area (Å²) in [5.41, 5.74) is 2.58. The van der Waals surface area contributed by atoms with Gasteiger partial charge in [-0.15, -0.1) is 0 Å². The first-order chi connectivity index (χ1) is 64.6. The number of rotatable bonds is 18. The SMILES string of the molecule is CC(C)(O)c1cc(C(F)(F)F)ncc1-c1ccc(C2(C(=O)Cc3ccc(F)nc3)COC2)cc1.CC(C)(O)c1cc(C(F)(F)F)ncc1Br.CC1(C)OB(B2OC(C)(C)C(C)(C)O2)OC1(C)C.CC1(C)OB(c2ccc(C3(C(=O)Cc4ccc(F)nc4)COC3)cc2)OC1(C)C.Nc1ccc(F)nc1.O=C(NC1(c2ccc(Br)cc2)COC1)c1ccc(F)nc1.O=C(O)C1(c2ccc(Br)cc2)COC1. The molecular weight excluding hydrogens is 2020 g/mol. The first kappa shape index (κ1) is 110. The number of carboxylic acids is 1. The summed E-state index contributed by atoms with van der Waals surface area (Å²) in [6.07, 6.45) is -1.54. The molecule has 1 amide bonds. The summed E-state index contributed by atoms with van der Waals surface area (Å²) in [7, 11) is -1.39. The van der Waals surface area contributed by atoms with Gasteiger partial charge in [0.2, 0.25) is 23.8 Å². The molecule has 10 aromatic rings. The average molecular weight is 2130 g/mol. The van der Waals surface area contributed by atoms with Crippen LogP contribution in [-0.2, 0) is 119 Å². The lowest BCUT2D eigenvalue weighted by Gasteiger charge is -2.42. The number of aromatic nitrogens is 6. The first-order valence-electron chi connectivity index (χ1n) is 43.8. The Kier molecular flexibility index (Phi) is 33.8. The van der Waals surface area contributed by atoms with Crippen molar-refractivity contribution in [3.05, 3.63) is 294 Å². The molecule has 17 rings (SSSR count). The van der Waals surface area contributed by atoms with Crippen LogP contribution in [0, 0.1) is 23.8 Å². The number of aliphatic carboxylic acids is 1. The molecule has 4 aromatic carbocycles. The number of nitrogens with zero attached hydrogens (tertiary/aromatic N) is 6. The van der Waals surface area contributed by atoms with Crippen LogP contribution in [0.1, 0.15) is 177 Å². The minimum atomic E-state index is -4.64. The summed E-state index contributed by atoms with van der Waals surface area (Å²) in [6.45, 7) is 32.3. The van der Waals surface area contributed by atoms with E-state index in [1.54, 1.807) is 30.3 Å². The largest absolute Gasteiger partial charge is 0.494 e. The van der Waals surface area contributed by atoms with E-state index in [0.717, 1.165) is 55.6 Å². The van der Waals surface area contributed by atoms with Crippen molar-refractivity contribution >= 4 is 104 Å². The predicted octanol–water partition coefficient (Wildman–Crippen LogP) is 17.8. The number of hydrogen-bond donors (Lipinski definition) is 5. The average Bonchev–Trinajstić information content (AvgIpc) is 1.38. The maximum Gasteiger partial charge on any atom is 0.494 e. The Balaban J connectivity index is 0.000000161. The summed E-state index contributed by atoms with van der Waals surface area (Å²) >= 11 is 9.74. The Hall–Kier alpha value is -9.69. The quantitative estimate of drug-likeness (QED) is 0.0303. The maximum atomic E-state index is 13.2. The molecule has 7 aliphatic heterocycles. The number of hydrogen-bond acceptors (Lipinski definition) is 23. The highest BCUT2D eigenvalue weighted by atomic mass is 79.9. The summed E-state index contributed by atoms with van der Waals surface area (Å²) < 4.78 is 187. The number of halogens is 13. The molecule has 0 aliphatic carbocycles. The van der Waals surface area contributed by atoms with Crippen LogP contribution in [0.5, 0.6) is 0 Å². The van der Waals surface area contributed by atoms with Crippen molar-refractivity contribution in [2.75, 3.05) is 58.6 Å². The third-order valence-corrected chi connectivity index (χ3v) is 27.3. The molecule has 13 heterocycles.